The maximum atomic E-state index is 13.4. The molecule has 152 valence electrons. The van der Waals surface area contributed by atoms with Crippen LogP contribution in [-0.2, 0) is 31.9 Å². The second-order valence-electron chi connectivity index (χ2n) is 5.95. The predicted molar refractivity (Wildman–Crippen MR) is 101 cm³/mol. The second kappa shape index (κ2) is 9.52. The zero-order valence-electron chi connectivity index (χ0n) is 15.8. The summed E-state index contributed by atoms with van der Waals surface area (Å²) >= 11 is 0. The lowest BCUT2D eigenvalue weighted by atomic mass is 10.2. The normalized spacial score (nSPS) is 11.3. The largest absolute Gasteiger partial charge is 0.497 e. The number of carbonyl (C=O) groups excluding carboxylic acids is 1. The van der Waals surface area contributed by atoms with Crippen LogP contribution in [0.3, 0.4) is 0 Å². The van der Waals surface area contributed by atoms with Gasteiger partial charge in [-0.15, -0.1) is 0 Å². The highest BCUT2D eigenvalue weighted by Gasteiger charge is 2.26. The number of carbonyl (C=O) groups is 1. The highest BCUT2D eigenvalue weighted by molar-refractivity contribution is 7.88. The third-order valence-electron chi connectivity index (χ3n) is 3.93. The highest BCUT2D eigenvalue weighted by Crippen LogP contribution is 2.25. The van der Waals surface area contributed by atoms with Crippen molar-refractivity contribution in [3.05, 3.63) is 59.4 Å². The molecule has 0 saturated carbocycles. The number of rotatable bonds is 9. The second-order valence-corrected chi connectivity index (χ2v) is 7.92. The van der Waals surface area contributed by atoms with Gasteiger partial charge in [0.15, 0.2) is 0 Å². The molecule has 0 aliphatic heterocycles. The quantitative estimate of drug-likeness (QED) is 0.589. The third-order valence-corrected chi connectivity index (χ3v) is 5.68. The fraction of sp³-hybridized carbons (Fsp3) is 0.316. The van der Waals surface area contributed by atoms with Crippen LogP contribution < -0.4 is 9.47 Å². The Balaban J connectivity index is 2.34. The van der Waals surface area contributed by atoms with Gasteiger partial charge in [0.25, 0.3) is 0 Å². The molecule has 0 spiro atoms. The van der Waals surface area contributed by atoms with Crippen molar-refractivity contribution in [3.8, 4) is 11.5 Å². The number of esters is 1. The molecule has 2 aromatic carbocycles. The first-order chi connectivity index (χ1) is 13.3. The zero-order valence-corrected chi connectivity index (χ0v) is 16.7. The van der Waals surface area contributed by atoms with Crippen LogP contribution in [0, 0.1) is 5.82 Å². The summed E-state index contributed by atoms with van der Waals surface area (Å²) in [6, 6.07) is 10.2. The van der Waals surface area contributed by atoms with Crippen LogP contribution >= 0.6 is 0 Å². The summed E-state index contributed by atoms with van der Waals surface area (Å²) in [6.07, 6.45) is 0. The van der Waals surface area contributed by atoms with E-state index in [1.807, 2.05) is 0 Å². The minimum absolute atomic E-state index is 0.111. The number of benzene rings is 2. The van der Waals surface area contributed by atoms with Gasteiger partial charge in [-0.2, -0.15) is 4.31 Å². The van der Waals surface area contributed by atoms with E-state index in [9.17, 15) is 17.6 Å². The van der Waals surface area contributed by atoms with E-state index in [0.29, 0.717) is 17.1 Å². The van der Waals surface area contributed by atoms with Gasteiger partial charge in [-0.3, -0.25) is 4.79 Å². The molecule has 0 N–H and O–H groups in total. The van der Waals surface area contributed by atoms with E-state index in [1.54, 1.807) is 18.2 Å². The summed E-state index contributed by atoms with van der Waals surface area (Å²) in [7, 11) is 0.180. The molecule has 2 rings (SSSR count). The van der Waals surface area contributed by atoms with E-state index in [1.165, 1.54) is 39.5 Å². The van der Waals surface area contributed by atoms with E-state index < -0.39 is 34.1 Å². The van der Waals surface area contributed by atoms with Gasteiger partial charge in [0, 0.05) is 12.6 Å². The zero-order chi connectivity index (χ0) is 20.7. The lowest BCUT2D eigenvalue weighted by Gasteiger charge is -2.22. The minimum atomic E-state index is -3.95. The number of hydrogen-bond acceptors (Lipinski definition) is 6. The van der Waals surface area contributed by atoms with Gasteiger partial charge in [0.2, 0.25) is 10.0 Å². The Morgan fingerprint density at radius 2 is 1.64 bits per heavy atom. The first kappa shape index (κ1) is 21.6. The number of nitrogens with zero attached hydrogens (tertiary/aromatic N) is 1. The monoisotopic (exact) mass is 411 g/mol. The van der Waals surface area contributed by atoms with Gasteiger partial charge < -0.3 is 14.2 Å². The smallest absolute Gasteiger partial charge is 0.321 e. The van der Waals surface area contributed by atoms with Crippen molar-refractivity contribution in [3.63, 3.8) is 0 Å². The Bertz CT molecular complexity index is 910. The Morgan fingerprint density at radius 1 is 1.00 bits per heavy atom. The Kier molecular flexibility index (Phi) is 7.36. The van der Waals surface area contributed by atoms with E-state index in [-0.39, 0.29) is 12.1 Å². The van der Waals surface area contributed by atoms with E-state index >= 15 is 0 Å². The van der Waals surface area contributed by atoms with Gasteiger partial charge in [0.05, 0.1) is 27.1 Å². The van der Waals surface area contributed by atoms with Crippen molar-refractivity contribution in [2.75, 3.05) is 27.9 Å². The van der Waals surface area contributed by atoms with E-state index in [0.717, 1.165) is 10.4 Å². The molecular weight excluding hydrogens is 389 g/mol. The average molecular weight is 411 g/mol. The molecule has 0 radical (unpaired) electrons. The molecule has 0 bridgehead atoms. The molecule has 9 heteroatoms. The predicted octanol–water partition coefficient (Wildman–Crippen LogP) is 2.35. The molecule has 0 heterocycles. The Hall–Kier alpha value is -2.65. The van der Waals surface area contributed by atoms with E-state index in [4.69, 9.17) is 9.47 Å². The highest BCUT2D eigenvalue weighted by atomic mass is 32.2. The van der Waals surface area contributed by atoms with Crippen LogP contribution in [0.25, 0.3) is 0 Å². The van der Waals surface area contributed by atoms with Crippen LogP contribution in [0.2, 0.25) is 0 Å². The summed E-state index contributed by atoms with van der Waals surface area (Å²) in [4.78, 5) is 11.8. The van der Waals surface area contributed by atoms with Crippen molar-refractivity contribution >= 4 is 16.0 Å². The van der Waals surface area contributed by atoms with Crippen molar-refractivity contribution in [1.82, 2.24) is 4.31 Å². The fourth-order valence-corrected chi connectivity index (χ4v) is 3.98. The third kappa shape index (κ3) is 5.93. The summed E-state index contributed by atoms with van der Waals surface area (Å²) in [6.45, 7) is -0.589. The molecule has 0 aliphatic rings. The van der Waals surface area contributed by atoms with Crippen LogP contribution in [-0.4, -0.2) is 46.6 Å². The minimum Gasteiger partial charge on any atom is -0.497 e. The first-order valence-corrected chi connectivity index (χ1v) is 9.89. The van der Waals surface area contributed by atoms with E-state index in [2.05, 4.69) is 4.74 Å². The number of sulfonamides is 1. The van der Waals surface area contributed by atoms with Crippen LogP contribution in [0.1, 0.15) is 11.1 Å². The van der Waals surface area contributed by atoms with Crippen molar-refractivity contribution < 1.29 is 31.8 Å². The molecule has 0 aromatic heterocycles. The molecular formula is C19H22FNO6S. The summed E-state index contributed by atoms with van der Waals surface area (Å²) < 4.78 is 55.2. The lowest BCUT2D eigenvalue weighted by molar-refractivity contribution is -0.140. The van der Waals surface area contributed by atoms with Gasteiger partial charge in [-0.25, -0.2) is 12.8 Å². The molecule has 0 fully saturated rings. The Morgan fingerprint density at radius 3 is 2.18 bits per heavy atom. The molecule has 28 heavy (non-hydrogen) atoms. The molecule has 0 atom stereocenters. The number of methoxy groups -OCH3 is 3. The Labute approximate surface area is 163 Å². The maximum absolute atomic E-state index is 13.4. The number of hydrogen-bond donors (Lipinski definition) is 0. The van der Waals surface area contributed by atoms with Gasteiger partial charge in [-0.1, -0.05) is 12.1 Å². The maximum Gasteiger partial charge on any atom is 0.321 e. The molecule has 7 nitrogen and oxygen atoms in total. The van der Waals surface area contributed by atoms with Crippen LogP contribution in [0.5, 0.6) is 11.5 Å². The molecule has 2 aromatic rings. The van der Waals surface area contributed by atoms with Crippen LogP contribution in [0.4, 0.5) is 4.39 Å². The molecule has 0 aliphatic carbocycles. The van der Waals surface area contributed by atoms with Crippen molar-refractivity contribution in [1.29, 1.82) is 0 Å². The average Bonchev–Trinajstić information content (AvgIpc) is 2.66. The van der Waals surface area contributed by atoms with Gasteiger partial charge >= 0.3 is 5.97 Å². The number of halogens is 1. The SMILES string of the molecule is COC(=O)CN(Cc1cc(OC)cc(OC)c1)S(=O)(=O)Cc1cccc(F)c1. The topological polar surface area (TPSA) is 82.1 Å². The standard InChI is InChI=1S/C19H22FNO6S/c1-25-17-8-15(9-18(10-17)26-2)11-21(12-19(22)27-3)28(23,24)13-14-5-4-6-16(20)7-14/h4-10H,11-13H2,1-3H3. The molecule has 0 unspecified atom stereocenters. The van der Waals surface area contributed by atoms with Gasteiger partial charge in [0.1, 0.15) is 23.9 Å². The van der Waals surface area contributed by atoms with Crippen molar-refractivity contribution in [2.24, 2.45) is 0 Å². The van der Waals surface area contributed by atoms with Crippen molar-refractivity contribution in [2.45, 2.75) is 12.3 Å². The van der Waals surface area contributed by atoms with Gasteiger partial charge in [-0.05, 0) is 35.4 Å². The summed E-state index contributed by atoms with van der Waals surface area (Å²) in [5.41, 5.74) is 0.834. The number of ether oxygens (including phenoxy) is 3. The summed E-state index contributed by atoms with van der Waals surface area (Å²) in [5.74, 6) is -0.740. The first-order valence-electron chi connectivity index (χ1n) is 8.28. The fourth-order valence-electron chi connectivity index (χ4n) is 2.55. The summed E-state index contributed by atoms with van der Waals surface area (Å²) in [5, 5.41) is 0. The van der Waals surface area contributed by atoms with Crippen LogP contribution in [0.15, 0.2) is 42.5 Å². The molecule has 0 amide bonds. The molecule has 0 saturated heterocycles. The lowest BCUT2D eigenvalue weighted by Crippen LogP contribution is -2.36.